The molecule has 3 aromatic rings. The zero-order valence-corrected chi connectivity index (χ0v) is 17.8. The lowest BCUT2D eigenvalue weighted by atomic mass is 10.00. The zero-order chi connectivity index (χ0) is 22.7. The van der Waals surface area contributed by atoms with E-state index in [4.69, 9.17) is 5.41 Å². The Bertz CT molecular complexity index is 1170. The molecule has 4 rings (SSSR count). The highest BCUT2D eigenvalue weighted by molar-refractivity contribution is 5.85. The Balaban J connectivity index is 1.63. The first-order valence-electron chi connectivity index (χ1n) is 10.5. The molecule has 1 aliphatic carbocycles. The lowest BCUT2D eigenvalue weighted by Crippen LogP contribution is -2.33. The smallest absolute Gasteiger partial charge is 0.266 e. The molecule has 1 aliphatic rings. The molecule has 0 amide bonds. The van der Waals surface area contributed by atoms with Crippen molar-refractivity contribution in [2.75, 3.05) is 17.2 Å². The topological polar surface area (TPSA) is 103 Å². The van der Waals surface area contributed by atoms with Crippen LogP contribution < -0.4 is 16.2 Å². The van der Waals surface area contributed by atoms with Crippen molar-refractivity contribution < 1.29 is 9.50 Å². The number of aromatic nitrogens is 2. The van der Waals surface area contributed by atoms with Crippen LogP contribution >= 0.6 is 0 Å². The highest BCUT2D eigenvalue weighted by Crippen LogP contribution is 2.48. The van der Waals surface area contributed by atoms with Crippen LogP contribution in [0.5, 0.6) is 0 Å². The van der Waals surface area contributed by atoms with Gasteiger partial charge in [-0.3, -0.25) is 9.36 Å². The van der Waals surface area contributed by atoms with Gasteiger partial charge >= 0.3 is 0 Å². The molecule has 0 spiro atoms. The second-order valence-electron chi connectivity index (χ2n) is 8.36. The molecular weight excluding hydrogens is 409 g/mol. The molecule has 2 aromatic heterocycles. The molecule has 1 unspecified atom stereocenters. The van der Waals surface area contributed by atoms with E-state index in [0.717, 1.165) is 30.8 Å². The fraction of sp³-hybridized carbons (Fsp3) is 0.292. The summed E-state index contributed by atoms with van der Waals surface area (Å²) < 4.78 is 15.8. The molecule has 32 heavy (non-hydrogen) atoms. The van der Waals surface area contributed by atoms with E-state index in [1.54, 1.807) is 6.07 Å². The summed E-state index contributed by atoms with van der Waals surface area (Å²) in [6.45, 7) is 2.50. The number of nitrogens with zero attached hydrogens (tertiary/aromatic N) is 2. The summed E-state index contributed by atoms with van der Waals surface area (Å²) in [6, 6.07) is 12.6. The third-order valence-corrected chi connectivity index (χ3v) is 6.08. The van der Waals surface area contributed by atoms with Crippen molar-refractivity contribution in [1.29, 1.82) is 5.41 Å². The molecule has 0 aliphatic heterocycles. The Hall–Kier alpha value is -3.52. The van der Waals surface area contributed by atoms with E-state index >= 15 is 0 Å². The highest BCUT2D eigenvalue weighted by Gasteiger charge is 2.44. The van der Waals surface area contributed by atoms with Gasteiger partial charge < -0.3 is 21.1 Å². The van der Waals surface area contributed by atoms with Gasteiger partial charge in [-0.05, 0) is 29.9 Å². The Morgan fingerprint density at radius 1 is 1.31 bits per heavy atom. The van der Waals surface area contributed by atoms with E-state index in [1.165, 1.54) is 16.8 Å². The molecule has 1 atom stereocenters. The van der Waals surface area contributed by atoms with Crippen LogP contribution in [0.1, 0.15) is 30.9 Å². The molecule has 1 aromatic carbocycles. The van der Waals surface area contributed by atoms with Gasteiger partial charge in [0, 0.05) is 25.0 Å². The molecule has 8 heteroatoms. The van der Waals surface area contributed by atoms with Crippen molar-refractivity contribution in [1.82, 2.24) is 9.55 Å². The van der Waals surface area contributed by atoms with Crippen LogP contribution in [0.25, 0.3) is 5.69 Å². The lowest BCUT2D eigenvalue weighted by Gasteiger charge is -2.23. The van der Waals surface area contributed by atoms with E-state index in [9.17, 15) is 14.3 Å². The number of aliphatic hydroxyl groups is 1. The number of benzene rings is 1. The SMILES string of the molecule is CC1(C(CO)Nc2cc(-n3ccc(NCc4ccccc4)c(C=N)c3=O)c(F)cn2)CC1. The minimum atomic E-state index is -0.656. The summed E-state index contributed by atoms with van der Waals surface area (Å²) in [4.78, 5) is 17.1. The summed E-state index contributed by atoms with van der Waals surface area (Å²) in [6.07, 6.45) is 5.51. The van der Waals surface area contributed by atoms with E-state index in [1.807, 2.05) is 30.3 Å². The maximum atomic E-state index is 14.6. The van der Waals surface area contributed by atoms with Crippen molar-refractivity contribution in [3.8, 4) is 5.69 Å². The van der Waals surface area contributed by atoms with Gasteiger partial charge in [-0.15, -0.1) is 0 Å². The fourth-order valence-electron chi connectivity index (χ4n) is 3.68. The predicted octanol–water partition coefficient (Wildman–Crippen LogP) is 3.55. The first-order chi connectivity index (χ1) is 15.4. The number of hydrogen-bond donors (Lipinski definition) is 4. The largest absolute Gasteiger partial charge is 0.394 e. The van der Waals surface area contributed by atoms with Crippen LogP contribution in [0, 0.1) is 16.6 Å². The van der Waals surface area contributed by atoms with Crippen molar-refractivity contribution in [3.63, 3.8) is 0 Å². The molecule has 2 heterocycles. The Labute approximate surface area is 185 Å². The normalized spacial score (nSPS) is 15.1. The molecule has 1 saturated carbocycles. The van der Waals surface area contributed by atoms with Crippen LogP contribution in [0.3, 0.4) is 0 Å². The van der Waals surface area contributed by atoms with Crippen molar-refractivity contribution in [2.45, 2.75) is 32.4 Å². The predicted molar refractivity (Wildman–Crippen MR) is 123 cm³/mol. The second-order valence-corrected chi connectivity index (χ2v) is 8.36. The molecule has 0 radical (unpaired) electrons. The number of halogens is 1. The van der Waals surface area contributed by atoms with Crippen molar-refractivity contribution in [3.05, 3.63) is 82.2 Å². The standard InChI is InChI=1S/C24H26FN5O2/c1-24(8-9-24)21(15-31)29-22-11-20(18(25)14-28-22)30-10-7-19(17(12-26)23(30)32)27-13-16-5-3-2-4-6-16/h2-7,10-12,14,21,26-27,31H,8-9,13,15H2,1H3,(H,28,29). The summed E-state index contributed by atoms with van der Waals surface area (Å²) in [5, 5.41) is 23.8. The van der Waals surface area contributed by atoms with Crippen LogP contribution in [-0.2, 0) is 6.54 Å². The average Bonchev–Trinajstić information content (AvgIpc) is 3.56. The number of pyridine rings is 2. The summed E-state index contributed by atoms with van der Waals surface area (Å²) in [7, 11) is 0. The molecule has 7 nitrogen and oxygen atoms in total. The summed E-state index contributed by atoms with van der Waals surface area (Å²) in [5.74, 6) is -0.278. The maximum absolute atomic E-state index is 14.6. The first-order valence-corrected chi connectivity index (χ1v) is 10.5. The van der Waals surface area contributed by atoms with Gasteiger partial charge in [-0.1, -0.05) is 37.3 Å². The van der Waals surface area contributed by atoms with Crippen LogP contribution in [0.15, 0.2) is 59.7 Å². The zero-order valence-electron chi connectivity index (χ0n) is 17.8. The molecule has 4 N–H and O–H groups in total. The van der Waals surface area contributed by atoms with Crippen LogP contribution in [0.4, 0.5) is 15.9 Å². The minimum absolute atomic E-state index is 0.0127. The van der Waals surface area contributed by atoms with Gasteiger partial charge in [-0.2, -0.15) is 0 Å². The van der Waals surface area contributed by atoms with Crippen LogP contribution in [0.2, 0.25) is 0 Å². The summed E-state index contributed by atoms with van der Waals surface area (Å²) >= 11 is 0. The molecule has 0 saturated heterocycles. The van der Waals surface area contributed by atoms with E-state index in [0.29, 0.717) is 18.1 Å². The highest BCUT2D eigenvalue weighted by atomic mass is 19.1. The third-order valence-electron chi connectivity index (χ3n) is 6.08. The molecular formula is C24H26FN5O2. The van der Waals surface area contributed by atoms with Crippen LogP contribution in [-0.4, -0.2) is 33.5 Å². The monoisotopic (exact) mass is 435 g/mol. The lowest BCUT2D eigenvalue weighted by molar-refractivity contribution is 0.235. The van der Waals surface area contributed by atoms with E-state index in [2.05, 4.69) is 22.5 Å². The Kier molecular flexibility index (Phi) is 6.05. The Morgan fingerprint density at radius 3 is 2.72 bits per heavy atom. The number of nitrogens with one attached hydrogen (secondary N) is 3. The number of rotatable bonds is 9. The molecule has 166 valence electrons. The average molecular weight is 436 g/mol. The van der Waals surface area contributed by atoms with Crippen molar-refractivity contribution in [2.24, 2.45) is 5.41 Å². The van der Waals surface area contributed by atoms with Gasteiger partial charge in [0.25, 0.3) is 5.56 Å². The molecule has 0 bridgehead atoms. The third kappa shape index (κ3) is 4.40. The first kappa shape index (κ1) is 21.7. The van der Waals surface area contributed by atoms with E-state index in [-0.39, 0.29) is 29.3 Å². The summed E-state index contributed by atoms with van der Waals surface area (Å²) in [5.41, 5.74) is 1.17. The van der Waals surface area contributed by atoms with Gasteiger partial charge in [0.05, 0.1) is 35.8 Å². The Morgan fingerprint density at radius 2 is 2.06 bits per heavy atom. The fourth-order valence-corrected chi connectivity index (χ4v) is 3.68. The second kappa shape index (κ2) is 8.92. The van der Waals surface area contributed by atoms with Crippen molar-refractivity contribution >= 4 is 17.7 Å². The minimum Gasteiger partial charge on any atom is -0.394 e. The maximum Gasteiger partial charge on any atom is 0.266 e. The molecule has 1 fully saturated rings. The van der Waals surface area contributed by atoms with Gasteiger partial charge in [0.2, 0.25) is 0 Å². The van der Waals surface area contributed by atoms with Gasteiger partial charge in [0.1, 0.15) is 5.82 Å². The van der Waals surface area contributed by atoms with E-state index < -0.39 is 11.4 Å². The number of anilines is 2. The number of aliphatic hydroxyl groups excluding tert-OH is 1. The number of hydrogen-bond acceptors (Lipinski definition) is 6. The van der Waals surface area contributed by atoms with Gasteiger partial charge in [-0.25, -0.2) is 9.37 Å². The quantitative estimate of drug-likeness (QED) is 0.385. The van der Waals surface area contributed by atoms with Gasteiger partial charge in [0.15, 0.2) is 5.82 Å².